The van der Waals surface area contributed by atoms with E-state index in [2.05, 4.69) is 0 Å². The Hall–Kier alpha value is -1.31. The van der Waals surface area contributed by atoms with E-state index >= 15 is 0 Å². The third-order valence-corrected chi connectivity index (χ3v) is 3.05. The normalized spacial score (nSPS) is 11.4. The van der Waals surface area contributed by atoms with Crippen molar-refractivity contribution < 1.29 is 17.7 Å². The van der Waals surface area contributed by atoms with Gasteiger partial charge in [0.25, 0.3) is 0 Å². The van der Waals surface area contributed by atoms with Crippen LogP contribution >= 0.6 is 0 Å². The molecule has 6 nitrogen and oxygen atoms in total. The molecule has 96 valence electrons. The molecular formula is C10H16N2O4S. The predicted molar refractivity (Wildman–Crippen MR) is 66.2 cm³/mol. The van der Waals surface area contributed by atoms with E-state index < -0.39 is 10.3 Å². The summed E-state index contributed by atoms with van der Waals surface area (Å²) in [4.78, 5) is 0. The van der Waals surface area contributed by atoms with Crippen LogP contribution in [0.2, 0.25) is 0 Å². The second-order valence-electron chi connectivity index (χ2n) is 3.34. The maximum absolute atomic E-state index is 11.2. The van der Waals surface area contributed by atoms with E-state index in [1.807, 2.05) is 0 Å². The van der Waals surface area contributed by atoms with Gasteiger partial charge in [-0.05, 0) is 31.2 Å². The Morgan fingerprint density at radius 2 is 1.94 bits per heavy atom. The molecule has 0 aliphatic heterocycles. The molecule has 0 bridgehead atoms. The topological polar surface area (TPSA) is 92.9 Å². The van der Waals surface area contributed by atoms with Gasteiger partial charge in [0, 0.05) is 12.3 Å². The summed E-state index contributed by atoms with van der Waals surface area (Å²) in [5.74, 6) is 0. The second-order valence-corrected chi connectivity index (χ2v) is 4.67. The van der Waals surface area contributed by atoms with Crippen LogP contribution in [0.3, 0.4) is 0 Å². The van der Waals surface area contributed by atoms with Crippen LogP contribution < -0.4 is 10.0 Å². The largest absolute Gasteiger partial charge is 0.399 e. The molecule has 0 saturated heterocycles. The van der Waals surface area contributed by atoms with Gasteiger partial charge in [0.15, 0.2) is 0 Å². The molecule has 0 unspecified atom stereocenters. The summed E-state index contributed by atoms with van der Waals surface area (Å²) >= 11 is 0. The van der Waals surface area contributed by atoms with Gasteiger partial charge in [-0.2, -0.15) is 8.42 Å². The molecule has 1 rings (SSSR count). The smallest absolute Gasteiger partial charge is 0.360 e. The van der Waals surface area contributed by atoms with Crippen LogP contribution in [-0.2, 0) is 15.0 Å². The first-order valence-corrected chi connectivity index (χ1v) is 6.53. The van der Waals surface area contributed by atoms with Gasteiger partial charge < -0.3 is 10.5 Å². The average Bonchev–Trinajstić information content (AvgIpc) is 2.25. The fourth-order valence-corrected chi connectivity index (χ4v) is 2.00. The lowest BCUT2D eigenvalue weighted by Crippen LogP contribution is -2.33. The van der Waals surface area contributed by atoms with Gasteiger partial charge in [0.2, 0.25) is 0 Å². The van der Waals surface area contributed by atoms with Crippen molar-refractivity contribution in [2.45, 2.75) is 6.92 Å². The molecule has 0 aliphatic carbocycles. The highest BCUT2D eigenvalue weighted by Crippen LogP contribution is 2.18. The fraction of sp³-hybridized carbons (Fsp3) is 0.400. The second kappa shape index (κ2) is 5.85. The van der Waals surface area contributed by atoms with E-state index in [0.717, 1.165) is 4.31 Å². The highest BCUT2D eigenvalue weighted by Gasteiger charge is 2.18. The number of benzene rings is 1. The van der Waals surface area contributed by atoms with Gasteiger partial charge >= 0.3 is 10.3 Å². The van der Waals surface area contributed by atoms with E-state index in [9.17, 15) is 8.42 Å². The highest BCUT2D eigenvalue weighted by molar-refractivity contribution is 7.87. The molecule has 7 heteroatoms. The maximum atomic E-state index is 11.2. The van der Waals surface area contributed by atoms with Gasteiger partial charge in [-0.3, -0.25) is 4.55 Å². The van der Waals surface area contributed by atoms with Gasteiger partial charge in [-0.15, -0.1) is 0 Å². The number of nitrogens with two attached hydrogens (primary N) is 1. The molecule has 0 spiro atoms. The Labute approximate surface area is 101 Å². The summed E-state index contributed by atoms with van der Waals surface area (Å²) in [6, 6.07) is 6.17. The third kappa shape index (κ3) is 4.22. The Morgan fingerprint density at radius 3 is 2.41 bits per heavy atom. The quantitative estimate of drug-likeness (QED) is 0.450. The number of hydrogen-bond acceptors (Lipinski definition) is 4. The van der Waals surface area contributed by atoms with Crippen LogP contribution in [0.25, 0.3) is 0 Å². The number of ether oxygens (including phenoxy) is 1. The molecule has 0 heterocycles. The van der Waals surface area contributed by atoms with Gasteiger partial charge in [0.1, 0.15) is 0 Å². The number of nitrogen functional groups attached to an aromatic ring is 1. The van der Waals surface area contributed by atoms with E-state index in [-0.39, 0.29) is 13.2 Å². The van der Waals surface area contributed by atoms with Gasteiger partial charge in [0.05, 0.1) is 18.8 Å². The van der Waals surface area contributed by atoms with Crippen LogP contribution in [0, 0.1) is 0 Å². The van der Waals surface area contributed by atoms with Crippen molar-refractivity contribution in [1.29, 1.82) is 0 Å². The zero-order chi connectivity index (χ0) is 12.9. The van der Waals surface area contributed by atoms with Crippen LogP contribution in [-0.4, -0.2) is 32.7 Å². The van der Waals surface area contributed by atoms with Crippen molar-refractivity contribution in [2.75, 3.05) is 29.8 Å². The molecule has 0 aromatic heterocycles. The van der Waals surface area contributed by atoms with Crippen molar-refractivity contribution >= 4 is 21.7 Å². The summed E-state index contributed by atoms with van der Waals surface area (Å²) in [5.41, 5.74) is 6.37. The molecule has 0 radical (unpaired) electrons. The molecule has 1 aromatic rings. The maximum Gasteiger partial charge on any atom is 0.360 e. The Bertz CT molecular complexity index is 444. The zero-order valence-electron chi connectivity index (χ0n) is 9.54. The first-order valence-electron chi connectivity index (χ1n) is 5.13. The van der Waals surface area contributed by atoms with Crippen molar-refractivity contribution in [3.63, 3.8) is 0 Å². The van der Waals surface area contributed by atoms with Crippen molar-refractivity contribution in [1.82, 2.24) is 0 Å². The van der Waals surface area contributed by atoms with Crippen LogP contribution in [0.4, 0.5) is 11.4 Å². The van der Waals surface area contributed by atoms with Crippen LogP contribution in [0.5, 0.6) is 0 Å². The highest BCUT2D eigenvalue weighted by atomic mass is 32.2. The van der Waals surface area contributed by atoms with E-state index in [0.29, 0.717) is 18.0 Å². The van der Waals surface area contributed by atoms with E-state index in [1.54, 1.807) is 19.1 Å². The third-order valence-electron chi connectivity index (χ3n) is 2.10. The van der Waals surface area contributed by atoms with Gasteiger partial charge in [-0.25, -0.2) is 4.31 Å². The summed E-state index contributed by atoms with van der Waals surface area (Å²) in [6.07, 6.45) is 0. The van der Waals surface area contributed by atoms with Crippen molar-refractivity contribution in [3.05, 3.63) is 24.3 Å². The summed E-state index contributed by atoms with van der Waals surface area (Å²) in [6.45, 7) is 2.55. The van der Waals surface area contributed by atoms with Crippen molar-refractivity contribution in [2.24, 2.45) is 0 Å². The predicted octanol–water partition coefficient (Wildman–Crippen LogP) is 0.915. The van der Waals surface area contributed by atoms with E-state index in [4.69, 9.17) is 15.0 Å². The molecule has 0 saturated carbocycles. The minimum atomic E-state index is -4.30. The van der Waals surface area contributed by atoms with Crippen LogP contribution in [0.15, 0.2) is 24.3 Å². The lowest BCUT2D eigenvalue weighted by atomic mass is 10.3. The van der Waals surface area contributed by atoms with E-state index in [1.165, 1.54) is 12.1 Å². The summed E-state index contributed by atoms with van der Waals surface area (Å²) in [5, 5.41) is 0. The van der Waals surface area contributed by atoms with Crippen LogP contribution in [0.1, 0.15) is 6.92 Å². The Morgan fingerprint density at radius 1 is 1.35 bits per heavy atom. The fourth-order valence-electron chi connectivity index (χ4n) is 1.31. The summed E-state index contributed by atoms with van der Waals surface area (Å²) < 4.78 is 37.4. The molecule has 17 heavy (non-hydrogen) atoms. The Kier molecular flexibility index (Phi) is 4.73. The number of hydrogen-bond donors (Lipinski definition) is 2. The zero-order valence-corrected chi connectivity index (χ0v) is 10.4. The Balaban J connectivity index is 2.87. The molecule has 0 fully saturated rings. The molecule has 0 atom stereocenters. The first-order chi connectivity index (χ1) is 7.95. The minimum absolute atomic E-state index is 0.0522. The minimum Gasteiger partial charge on any atom is -0.399 e. The summed E-state index contributed by atoms with van der Waals surface area (Å²) in [7, 11) is -4.30. The first kappa shape index (κ1) is 13.8. The molecule has 3 N–H and O–H groups in total. The number of nitrogens with zero attached hydrogens (tertiary/aromatic N) is 1. The molecule has 1 aromatic carbocycles. The lowest BCUT2D eigenvalue weighted by Gasteiger charge is -2.20. The number of anilines is 2. The molecule has 0 aliphatic rings. The standard InChI is InChI=1S/C10H16N2O4S/c1-2-16-8-7-12(17(13,14)15)10-5-3-9(11)4-6-10/h3-6H,2,7-8,11H2,1H3,(H,13,14,15). The average molecular weight is 260 g/mol. The number of rotatable bonds is 6. The monoisotopic (exact) mass is 260 g/mol. The van der Waals surface area contributed by atoms with Gasteiger partial charge in [-0.1, -0.05) is 0 Å². The lowest BCUT2D eigenvalue weighted by molar-refractivity contribution is 0.155. The molecular weight excluding hydrogens is 244 g/mol. The van der Waals surface area contributed by atoms with Crippen molar-refractivity contribution in [3.8, 4) is 0 Å². The molecule has 0 amide bonds. The SMILES string of the molecule is CCOCCN(c1ccc(N)cc1)S(=O)(=O)O.